The van der Waals surface area contributed by atoms with Gasteiger partial charge in [0.05, 0.1) is 17.1 Å². The molecule has 0 aliphatic carbocycles. The molecule has 5 nitrogen and oxygen atoms in total. The smallest absolute Gasteiger partial charge is 0.145 e. The van der Waals surface area contributed by atoms with Gasteiger partial charge in [-0.1, -0.05) is 0 Å². The molecule has 1 unspecified atom stereocenters. The molecule has 3 heterocycles. The lowest BCUT2D eigenvalue weighted by atomic mass is 10.2. The molecule has 2 aromatic heterocycles. The highest BCUT2D eigenvalue weighted by Crippen LogP contribution is 2.36. The van der Waals surface area contributed by atoms with Gasteiger partial charge in [0.15, 0.2) is 0 Å². The van der Waals surface area contributed by atoms with Gasteiger partial charge in [0.2, 0.25) is 0 Å². The van der Waals surface area contributed by atoms with Crippen LogP contribution in [-0.4, -0.2) is 43.6 Å². The van der Waals surface area contributed by atoms with Crippen molar-refractivity contribution in [2.75, 3.05) is 29.1 Å². The summed E-state index contributed by atoms with van der Waals surface area (Å²) in [6.45, 7) is 2.94. The SMILES string of the molecule is CCNc1cc(-c2cnn(C)c2)nc(C2CSCCS2)n1. The lowest BCUT2D eigenvalue weighted by Crippen LogP contribution is -2.12. The topological polar surface area (TPSA) is 55.6 Å². The van der Waals surface area contributed by atoms with Crippen molar-refractivity contribution in [3.05, 3.63) is 24.3 Å². The molecule has 1 atom stereocenters. The number of aryl methyl sites for hydroxylation is 1. The zero-order chi connectivity index (χ0) is 14.7. The van der Waals surface area contributed by atoms with Crippen LogP contribution in [0.15, 0.2) is 18.5 Å². The van der Waals surface area contributed by atoms with Gasteiger partial charge >= 0.3 is 0 Å². The fraction of sp³-hybridized carbons (Fsp3) is 0.500. The van der Waals surface area contributed by atoms with Gasteiger partial charge in [0.25, 0.3) is 0 Å². The van der Waals surface area contributed by atoms with Gasteiger partial charge in [0.1, 0.15) is 11.6 Å². The second kappa shape index (κ2) is 6.70. The molecule has 0 spiro atoms. The summed E-state index contributed by atoms with van der Waals surface area (Å²) in [5.41, 5.74) is 1.98. The van der Waals surface area contributed by atoms with Crippen molar-refractivity contribution < 1.29 is 0 Å². The maximum absolute atomic E-state index is 4.78. The highest BCUT2D eigenvalue weighted by molar-refractivity contribution is 8.06. The molecular weight excluding hydrogens is 302 g/mol. The summed E-state index contributed by atoms with van der Waals surface area (Å²) in [7, 11) is 1.92. The first-order valence-electron chi connectivity index (χ1n) is 7.07. The van der Waals surface area contributed by atoms with E-state index >= 15 is 0 Å². The largest absolute Gasteiger partial charge is 0.370 e. The molecule has 1 N–H and O–H groups in total. The van der Waals surface area contributed by atoms with E-state index in [1.807, 2.05) is 49.0 Å². The average molecular weight is 321 g/mol. The van der Waals surface area contributed by atoms with E-state index in [0.717, 1.165) is 35.2 Å². The number of rotatable bonds is 4. The van der Waals surface area contributed by atoms with Gasteiger partial charge in [-0.25, -0.2) is 9.97 Å². The van der Waals surface area contributed by atoms with E-state index in [-0.39, 0.29) is 0 Å². The summed E-state index contributed by atoms with van der Waals surface area (Å²) in [6.07, 6.45) is 3.84. The lowest BCUT2D eigenvalue weighted by molar-refractivity contribution is 0.768. The van der Waals surface area contributed by atoms with Crippen molar-refractivity contribution >= 4 is 29.3 Å². The molecule has 0 amide bonds. The number of nitrogens with one attached hydrogen (secondary N) is 1. The number of hydrogen-bond donors (Lipinski definition) is 1. The number of nitrogens with zero attached hydrogens (tertiary/aromatic N) is 4. The predicted octanol–water partition coefficient (Wildman–Crippen LogP) is 2.83. The van der Waals surface area contributed by atoms with E-state index in [1.54, 1.807) is 4.68 Å². The lowest BCUT2D eigenvalue weighted by Gasteiger charge is -2.20. The first kappa shape index (κ1) is 14.7. The second-order valence-corrected chi connectivity index (χ2v) is 7.32. The number of thioether (sulfide) groups is 2. The number of aromatic nitrogens is 4. The summed E-state index contributed by atoms with van der Waals surface area (Å²) in [5.74, 6) is 5.32. The van der Waals surface area contributed by atoms with Crippen LogP contribution < -0.4 is 5.32 Å². The minimum atomic E-state index is 0.387. The van der Waals surface area contributed by atoms with Crippen LogP contribution in [0.4, 0.5) is 5.82 Å². The summed E-state index contributed by atoms with van der Waals surface area (Å²) in [5, 5.41) is 7.93. The molecule has 1 aliphatic rings. The van der Waals surface area contributed by atoms with Gasteiger partial charge < -0.3 is 5.32 Å². The molecule has 0 saturated carbocycles. The molecule has 1 saturated heterocycles. The Kier molecular flexibility index (Phi) is 4.70. The van der Waals surface area contributed by atoms with Crippen molar-refractivity contribution in [1.29, 1.82) is 0 Å². The minimum Gasteiger partial charge on any atom is -0.370 e. The predicted molar refractivity (Wildman–Crippen MR) is 90.9 cm³/mol. The van der Waals surface area contributed by atoms with Crippen LogP contribution >= 0.6 is 23.5 Å². The van der Waals surface area contributed by atoms with Gasteiger partial charge in [-0.15, -0.1) is 11.8 Å². The summed E-state index contributed by atoms with van der Waals surface area (Å²) in [4.78, 5) is 9.48. The zero-order valence-electron chi connectivity index (χ0n) is 12.2. The van der Waals surface area contributed by atoms with Crippen LogP contribution in [0, 0.1) is 0 Å². The van der Waals surface area contributed by atoms with E-state index < -0.39 is 0 Å². The Bertz CT molecular complexity index is 607. The molecule has 0 radical (unpaired) electrons. The standard InChI is InChI=1S/C14H19N5S2/c1-3-15-13-6-11(10-7-16-19(2)8-10)17-14(18-13)12-9-20-4-5-21-12/h6-8,12H,3-5,9H2,1-2H3,(H,15,17,18). The van der Waals surface area contributed by atoms with Crippen molar-refractivity contribution in [2.24, 2.45) is 7.05 Å². The van der Waals surface area contributed by atoms with Crippen LogP contribution in [0.1, 0.15) is 18.0 Å². The van der Waals surface area contributed by atoms with E-state index in [2.05, 4.69) is 17.3 Å². The normalized spacial score (nSPS) is 18.7. The van der Waals surface area contributed by atoms with Crippen molar-refractivity contribution in [1.82, 2.24) is 19.7 Å². The summed E-state index contributed by atoms with van der Waals surface area (Å²) in [6, 6.07) is 2.00. The van der Waals surface area contributed by atoms with Crippen molar-refractivity contribution in [3.63, 3.8) is 0 Å². The van der Waals surface area contributed by atoms with Crippen LogP contribution in [-0.2, 0) is 7.05 Å². The van der Waals surface area contributed by atoms with Gasteiger partial charge in [-0.05, 0) is 6.92 Å². The third-order valence-electron chi connectivity index (χ3n) is 3.21. The highest BCUT2D eigenvalue weighted by Gasteiger charge is 2.21. The first-order valence-corrected chi connectivity index (χ1v) is 9.28. The Balaban J connectivity index is 1.96. The molecule has 1 aliphatic heterocycles. The molecule has 7 heteroatoms. The molecule has 112 valence electrons. The quantitative estimate of drug-likeness (QED) is 0.934. The zero-order valence-corrected chi connectivity index (χ0v) is 13.9. The average Bonchev–Trinajstić information content (AvgIpc) is 2.95. The Hall–Kier alpha value is -1.21. The van der Waals surface area contributed by atoms with Crippen molar-refractivity contribution in [2.45, 2.75) is 12.2 Å². The first-order chi connectivity index (χ1) is 10.3. The molecular formula is C14H19N5S2. The Morgan fingerprint density at radius 3 is 2.95 bits per heavy atom. The third-order valence-corrected chi connectivity index (χ3v) is 5.96. The van der Waals surface area contributed by atoms with E-state index in [4.69, 9.17) is 9.97 Å². The number of anilines is 1. The fourth-order valence-corrected chi connectivity index (χ4v) is 4.82. The Morgan fingerprint density at radius 1 is 1.38 bits per heavy atom. The summed E-state index contributed by atoms with van der Waals surface area (Å²) >= 11 is 3.94. The molecule has 21 heavy (non-hydrogen) atoms. The fourth-order valence-electron chi connectivity index (χ4n) is 2.22. The molecule has 0 aromatic carbocycles. The van der Waals surface area contributed by atoms with Crippen molar-refractivity contribution in [3.8, 4) is 11.3 Å². The summed E-state index contributed by atoms with van der Waals surface area (Å²) < 4.78 is 1.80. The molecule has 3 rings (SSSR count). The van der Waals surface area contributed by atoms with E-state index in [1.165, 1.54) is 11.5 Å². The molecule has 2 aromatic rings. The van der Waals surface area contributed by atoms with Crippen LogP contribution in [0.5, 0.6) is 0 Å². The van der Waals surface area contributed by atoms with Crippen LogP contribution in [0.3, 0.4) is 0 Å². The third kappa shape index (κ3) is 3.52. The van der Waals surface area contributed by atoms with Gasteiger partial charge in [0, 0.05) is 48.7 Å². The van der Waals surface area contributed by atoms with Gasteiger partial charge in [-0.2, -0.15) is 16.9 Å². The Labute approximate surface area is 133 Å². The molecule has 0 bridgehead atoms. The minimum absolute atomic E-state index is 0.387. The van der Waals surface area contributed by atoms with Crippen LogP contribution in [0.25, 0.3) is 11.3 Å². The Morgan fingerprint density at radius 2 is 2.29 bits per heavy atom. The highest BCUT2D eigenvalue weighted by atomic mass is 32.2. The monoisotopic (exact) mass is 321 g/mol. The van der Waals surface area contributed by atoms with Crippen LogP contribution in [0.2, 0.25) is 0 Å². The second-order valence-electron chi connectivity index (χ2n) is 4.86. The van der Waals surface area contributed by atoms with E-state index in [9.17, 15) is 0 Å². The van der Waals surface area contributed by atoms with E-state index in [0.29, 0.717) is 5.25 Å². The maximum Gasteiger partial charge on any atom is 0.145 e. The molecule has 1 fully saturated rings. The number of hydrogen-bond acceptors (Lipinski definition) is 6. The maximum atomic E-state index is 4.78. The van der Waals surface area contributed by atoms with Gasteiger partial charge in [-0.3, -0.25) is 4.68 Å².